The zero-order chi connectivity index (χ0) is 26.9. The van der Waals surface area contributed by atoms with E-state index >= 15 is 0 Å². The molecule has 0 aromatic heterocycles. The monoisotopic (exact) mass is 531 g/mol. The van der Waals surface area contributed by atoms with Crippen molar-refractivity contribution in [1.82, 2.24) is 4.90 Å². The lowest BCUT2D eigenvalue weighted by molar-refractivity contribution is -0.129. The van der Waals surface area contributed by atoms with Crippen molar-refractivity contribution >= 4 is 46.1 Å². The van der Waals surface area contributed by atoms with Gasteiger partial charge in [-0.05, 0) is 67.4 Å². The number of aliphatic imine (C=N–C) groups is 1. The van der Waals surface area contributed by atoms with Gasteiger partial charge in [0.1, 0.15) is 11.0 Å². The zero-order valence-corrected chi connectivity index (χ0v) is 22.1. The van der Waals surface area contributed by atoms with Gasteiger partial charge in [0.15, 0.2) is 5.17 Å². The van der Waals surface area contributed by atoms with Crippen LogP contribution in [-0.4, -0.2) is 53.4 Å². The Kier molecular flexibility index (Phi) is 9.16. The lowest BCUT2D eigenvalue weighted by Gasteiger charge is -2.32. The number of benzene rings is 3. The number of amidine groups is 1. The number of esters is 1. The fourth-order valence-corrected chi connectivity index (χ4v) is 4.97. The molecule has 0 aliphatic carbocycles. The molecule has 0 radical (unpaired) electrons. The molecule has 1 N–H and O–H groups in total. The second-order valence-electron chi connectivity index (χ2n) is 8.47. The second kappa shape index (κ2) is 12.9. The Morgan fingerprint density at radius 2 is 1.74 bits per heavy atom. The van der Waals surface area contributed by atoms with Crippen LogP contribution >= 0.6 is 11.8 Å². The summed E-state index contributed by atoms with van der Waals surface area (Å²) in [7, 11) is 1.58. The van der Waals surface area contributed by atoms with Gasteiger partial charge < -0.3 is 14.8 Å². The number of anilines is 1. The van der Waals surface area contributed by atoms with Crippen LogP contribution in [0.15, 0.2) is 83.9 Å². The summed E-state index contributed by atoms with van der Waals surface area (Å²) >= 11 is 1.25. The smallest absolute Gasteiger partial charge is 0.338 e. The molecule has 38 heavy (non-hydrogen) atoms. The van der Waals surface area contributed by atoms with Crippen LogP contribution in [0.3, 0.4) is 0 Å². The van der Waals surface area contributed by atoms with Crippen molar-refractivity contribution in [2.75, 3.05) is 25.6 Å². The van der Waals surface area contributed by atoms with Gasteiger partial charge in [-0.25, -0.2) is 9.79 Å². The molecule has 0 spiro atoms. The molecule has 1 aliphatic heterocycles. The average molecular weight is 532 g/mol. The lowest BCUT2D eigenvalue weighted by atomic mass is 10.1. The van der Waals surface area contributed by atoms with Crippen LogP contribution in [0.4, 0.5) is 11.4 Å². The topological polar surface area (TPSA) is 97.3 Å². The number of carbonyl (C=O) groups excluding carboxylic acids is 3. The van der Waals surface area contributed by atoms with Gasteiger partial charge in [0.25, 0.3) is 0 Å². The zero-order valence-electron chi connectivity index (χ0n) is 21.3. The highest BCUT2D eigenvalue weighted by molar-refractivity contribution is 8.15. The van der Waals surface area contributed by atoms with E-state index < -0.39 is 11.2 Å². The highest BCUT2D eigenvalue weighted by Gasteiger charge is 2.35. The van der Waals surface area contributed by atoms with Crippen LogP contribution in [-0.2, 0) is 20.7 Å². The van der Waals surface area contributed by atoms with Gasteiger partial charge in [-0.3, -0.25) is 14.5 Å². The standard InChI is InChI=1S/C29H29N3O5S/c1-3-37-28(35)21-9-11-23(12-10-21)31-29-32(18-17-20-7-5-4-6-8-20)26(33)19-25(38-29)27(34)30-22-13-15-24(36-2)16-14-22/h4-16,25H,3,17-19H2,1-2H3,(H,30,34)/t25-/m0/s1. The Balaban J connectivity index is 1.54. The normalized spacial score (nSPS) is 16.3. The number of carbonyl (C=O) groups is 3. The number of nitrogens with one attached hydrogen (secondary N) is 1. The second-order valence-corrected chi connectivity index (χ2v) is 9.64. The number of hydrogen-bond donors (Lipinski definition) is 1. The summed E-state index contributed by atoms with van der Waals surface area (Å²) in [6.45, 7) is 2.47. The molecule has 2 amide bonds. The van der Waals surface area contributed by atoms with E-state index in [-0.39, 0.29) is 24.8 Å². The van der Waals surface area contributed by atoms with Gasteiger partial charge in [-0.1, -0.05) is 42.1 Å². The molecular weight excluding hydrogens is 502 g/mol. The first-order chi connectivity index (χ1) is 18.5. The molecule has 1 atom stereocenters. The van der Waals surface area contributed by atoms with Gasteiger partial charge >= 0.3 is 5.97 Å². The SMILES string of the molecule is CCOC(=O)c1ccc(N=C2S[C@H](C(=O)Nc3ccc(OC)cc3)CC(=O)N2CCc2ccccc2)cc1. The van der Waals surface area contributed by atoms with Crippen molar-refractivity contribution in [3.05, 3.63) is 90.0 Å². The summed E-state index contributed by atoms with van der Waals surface area (Å²) in [5, 5.41) is 2.68. The van der Waals surface area contributed by atoms with Crippen LogP contribution in [0.25, 0.3) is 0 Å². The van der Waals surface area contributed by atoms with Crippen molar-refractivity contribution in [2.45, 2.75) is 25.0 Å². The van der Waals surface area contributed by atoms with Crippen molar-refractivity contribution in [1.29, 1.82) is 0 Å². The van der Waals surface area contributed by atoms with Crippen LogP contribution in [0.1, 0.15) is 29.3 Å². The van der Waals surface area contributed by atoms with Crippen molar-refractivity contribution in [3.8, 4) is 5.75 Å². The Hall–Kier alpha value is -4.11. The number of methoxy groups -OCH3 is 1. The molecule has 3 aromatic carbocycles. The molecule has 0 unspecified atom stereocenters. The molecule has 3 aromatic rings. The number of rotatable bonds is 9. The summed E-state index contributed by atoms with van der Waals surface area (Å²) in [4.78, 5) is 44.7. The Bertz CT molecular complexity index is 1290. The number of amides is 2. The number of hydrogen-bond acceptors (Lipinski definition) is 7. The van der Waals surface area contributed by atoms with Crippen LogP contribution in [0, 0.1) is 0 Å². The van der Waals surface area contributed by atoms with Crippen LogP contribution in [0.2, 0.25) is 0 Å². The largest absolute Gasteiger partial charge is 0.497 e. The molecule has 1 aliphatic rings. The van der Waals surface area contributed by atoms with E-state index in [0.29, 0.717) is 40.8 Å². The third kappa shape index (κ3) is 7.01. The van der Waals surface area contributed by atoms with E-state index in [1.807, 2.05) is 30.3 Å². The number of nitrogens with zero attached hydrogens (tertiary/aromatic N) is 2. The molecule has 0 saturated carbocycles. The summed E-state index contributed by atoms with van der Waals surface area (Å²) in [6, 6.07) is 23.6. The maximum atomic E-state index is 13.3. The minimum absolute atomic E-state index is 0.0578. The molecule has 1 saturated heterocycles. The third-order valence-corrected chi connectivity index (χ3v) is 7.05. The maximum absolute atomic E-state index is 13.3. The Morgan fingerprint density at radius 3 is 2.39 bits per heavy atom. The molecule has 9 heteroatoms. The van der Waals surface area contributed by atoms with Gasteiger partial charge in [-0.15, -0.1) is 0 Å². The molecule has 196 valence electrons. The van der Waals surface area contributed by atoms with E-state index in [1.165, 1.54) is 11.8 Å². The van der Waals surface area contributed by atoms with E-state index in [1.54, 1.807) is 67.5 Å². The predicted octanol–water partition coefficient (Wildman–Crippen LogP) is 5.07. The number of thioether (sulfide) groups is 1. The molecule has 0 bridgehead atoms. The van der Waals surface area contributed by atoms with Gasteiger partial charge in [-0.2, -0.15) is 0 Å². The van der Waals surface area contributed by atoms with Gasteiger partial charge in [0.05, 0.1) is 25.0 Å². The van der Waals surface area contributed by atoms with E-state index in [9.17, 15) is 14.4 Å². The van der Waals surface area contributed by atoms with E-state index in [0.717, 1.165) is 5.56 Å². The lowest BCUT2D eigenvalue weighted by Crippen LogP contribution is -2.46. The summed E-state index contributed by atoms with van der Waals surface area (Å²) in [6.07, 6.45) is 0.707. The van der Waals surface area contributed by atoms with E-state index in [4.69, 9.17) is 14.5 Å². The summed E-state index contributed by atoms with van der Waals surface area (Å²) in [5.74, 6) is -0.172. The first-order valence-corrected chi connectivity index (χ1v) is 13.2. The molecular formula is C29H29N3O5S. The fraction of sp³-hybridized carbons (Fsp3) is 0.241. The molecule has 8 nitrogen and oxygen atoms in total. The van der Waals surface area contributed by atoms with E-state index in [2.05, 4.69) is 5.32 Å². The highest BCUT2D eigenvalue weighted by atomic mass is 32.2. The fourth-order valence-electron chi connectivity index (χ4n) is 3.84. The summed E-state index contributed by atoms with van der Waals surface area (Å²) < 4.78 is 10.2. The average Bonchev–Trinajstić information content (AvgIpc) is 2.94. The predicted molar refractivity (Wildman–Crippen MR) is 149 cm³/mol. The molecule has 4 rings (SSSR count). The van der Waals surface area contributed by atoms with Crippen molar-refractivity contribution in [3.63, 3.8) is 0 Å². The maximum Gasteiger partial charge on any atom is 0.338 e. The van der Waals surface area contributed by atoms with Crippen molar-refractivity contribution in [2.24, 2.45) is 4.99 Å². The first-order valence-electron chi connectivity index (χ1n) is 12.3. The molecule has 1 fully saturated rings. The van der Waals surface area contributed by atoms with Gasteiger partial charge in [0, 0.05) is 18.7 Å². The van der Waals surface area contributed by atoms with Gasteiger partial charge in [0.2, 0.25) is 11.8 Å². The number of ether oxygens (including phenoxy) is 2. The molecule has 1 heterocycles. The van der Waals surface area contributed by atoms with Crippen molar-refractivity contribution < 1.29 is 23.9 Å². The van der Waals surface area contributed by atoms with Crippen LogP contribution < -0.4 is 10.1 Å². The first kappa shape index (κ1) is 26.9. The Morgan fingerprint density at radius 1 is 1.03 bits per heavy atom. The third-order valence-electron chi connectivity index (χ3n) is 5.86. The minimum Gasteiger partial charge on any atom is -0.497 e. The van der Waals surface area contributed by atoms with Crippen LogP contribution in [0.5, 0.6) is 5.75 Å². The quantitative estimate of drug-likeness (QED) is 0.387. The Labute approximate surface area is 226 Å². The highest BCUT2D eigenvalue weighted by Crippen LogP contribution is 2.30. The summed E-state index contributed by atoms with van der Waals surface area (Å²) in [5.41, 5.74) is 2.70. The minimum atomic E-state index is -0.643.